The van der Waals surface area contributed by atoms with Crippen LogP contribution in [-0.4, -0.2) is 28.4 Å². The second kappa shape index (κ2) is 4.17. The van der Waals surface area contributed by atoms with Crippen LogP contribution in [0.1, 0.15) is 36.2 Å². The normalized spacial score (nSPS) is 18.4. The summed E-state index contributed by atoms with van der Waals surface area (Å²) in [6.45, 7) is 0. The topological polar surface area (TPSA) is 78.1 Å². The van der Waals surface area contributed by atoms with Gasteiger partial charge in [-0.25, -0.2) is 9.97 Å². The quantitative estimate of drug-likeness (QED) is 0.768. The van der Waals surface area contributed by atoms with Gasteiger partial charge in [-0.05, 0) is 12.8 Å². The van der Waals surface area contributed by atoms with E-state index in [1.54, 1.807) is 0 Å². The standard InChI is InChI=1S/C11H15N3O2/c1-16-10-8(13-6-7-14-10)9(15)11(12)4-2-3-5-11/h6-7H,2-5,12H2,1H3. The van der Waals surface area contributed by atoms with Gasteiger partial charge in [-0.2, -0.15) is 0 Å². The van der Waals surface area contributed by atoms with Crippen molar-refractivity contribution in [1.82, 2.24) is 9.97 Å². The highest BCUT2D eigenvalue weighted by Crippen LogP contribution is 2.31. The van der Waals surface area contributed by atoms with Gasteiger partial charge in [-0.15, -0.1) is 0 Å². The fourth-order valence-electron chi connectivity index (χ4n) is 2.10. The second-order valence-electron chi connectivity index (χ2n) is 4.11. The molecule has 0 spiro atoms. The van der Waals surface area contributed by atoms with E-state index in [1.807, 2.05) is 0 Å². The molecule has 0 saturated heterocycles. The van der Waals surface area contributed by atoms with Crippen LogP contribution in [0.15, 0.2) is 12.4 Å². The largest absolute Gasteiger partial charge is 0.479 e. The maximum absolute atomic E-state index is 12.2. The molecule has 1 fully saturated rings. The van der Waals surface area contributed by atoms with Crippen molar-refractivity contribution in [2.75, 3.05) is 7.11 Å². The van der Waals surface area contributed by atoms with Crippen molar-refractivity contribution in [3.8, 4) is 5.88 Å². The van der Waals surface area contributed by atoms with Gasteiger partial charge in [-0.1, -0.05) is 12.8 Å². The van der Waals surface area contributed by atoms with E-state index < -0.39 is 5.54 Å². The van der Waals surface area contributed by atoms with Crippen LogP contribution in [0.3, 0.4) is 0 Å². The molecule has 0 aliphatic heterocycles. The van der Waals surface area contributed by atoms with Gasteiger partial charge in [0.05, 0.1) is 12.6 Å². The van der Waals surface area contributed by atoms with E-state index in [0.717, 1.165) is 12.8 Å². The number of ether oxygens (including phenoxy) is 1. The first kappa shape index (κ1) is 11.0. The summed E-state index contributed by atoms with van der Waals surface area (Å²) >= 11 is 0. The average molecular weight is 221 g/mol. The molecule has 0 amide bonds. The van der Waals surface area contributed by atoms with E-state index in [4.69, 9.17) is 10.5 Å². The molecule has 1 aromatic rings. The predicted octanol–water partition coefficient (Wildman–Crippen LogP) is 0.939. The van der Waals surface area contributed by atoms with E-state index >= 15 is 0 Å². The van der Waals surface area contributed by atoms with E-state index in [9.17, 15) is 4.79 Å². The summed E-state index contributed by atoms with van der Waals surface area (Å²) < 4.78 is 5.02. The Bertz CT molecular complexity index is 400. The van der Waals surface area contributed by atoms with Crippen LogP contribution in [-0.2, 0) is 0 Å². The van der Waals surface area contributed by atoms with Crippen molar-refractivity contribution >= 4 is 5.78 Å². The van der Waals surface area contributed by atoms with Crippen LogP contribution < -0.4 is 10.5 Å². The lowest BCUT2D eigenvalue weighted by Crippen LogP contribution is -2.45. The number of methoxy groups -OCH3 is 1. The Morgan fingerprint density at radius 1 is 1.38 bits per heavy atom. The molecule has 2 rings (SSSR count). The molecule has 2 N–H and O–H groups in total. The molecule has 1 aliphatic rings. The fourth-order valence-corrected chi connectivity index (χ4v) is 2.10. The number of aromatic nitrogens is 2. The van der Waals surface area contributed by atoms with Crippen molar-refractivity contribution in [3.05, 3.63) is 18.1 Å². The van der Waals surface area contributed by atoms with Crippen molar-refractivity contribution in [2.24, 2.45) is 5.73 Å². The van der Waals surface area contributed by atoms with Crippen LogP contribution in [0.4, 0.5) is 0 Å². The number of nitrogens with two attached hydrogens (primary N) is 1. The van der Waals surface area contributed by atoms with E-state index in [1.165, 1.54) is 19.5 Å². The highest BCUT2D eigenvalue weighted by molar-refractivity contribution is 6.03. The second-order valence-corrected chi connectivity index (χ2v) is 4.11. The van der Waals surface area contributed by atoms with Crippen molar-refractivity contribution in [1.29, 1.82) is 0 Å². The SMILES string of the molecule is COc1nccnc1C(=O)C1(N)CCCC1. The molecule has 5 heteroatoms. The zero-order valence-corrected chi connectivity index (χ0v) is 9.27. The number of nitrogens with zero attached hydrogens (tertiary/aromatic N) is 2. The number of carbonyl (C=O) groups is 1. The Labute approximate surface area is 94.0 Å². The average Bonchev–Trinajstić information content (AvgIpc) is 2.76. The number of hydrogen-bond acceptors (Lipinski definition) is 5. The van der Waals surface area contributed by atoms with Gasteiger partial charge < -0.3 is 10.5 Å². The lowest BCUT2D eigenvalue weighted by Gasteiger charge is -2.21. The van der Waals surface area contributed by atoms with Crippen molar-refractivity contribution < 1.29 is 9.53 Å². The number of Topliss-reactive ketones (excluding diaryl/α,β-unsaturated/α-hetero) is 1. The zero-order chi connectivity index (χ0) is 11.6. The Kier molecular flexibility index (Phi) is 2.87. The molecule has 0 radical (unpaired) electrons. The molecule has 86 valence electrons. The van der Waals surface area contributed by atoms with Crippen LogP contribution in [0, 0.1) is 0 Å². The van der Waals surface area contributed by atoms with Crippen LogP contribution in [0.25, 0.3) is 0 Å². The van der Waals surface area contributed by atoms with Crippen LogP contribution >= 0.6 is 0 Å². The van der Waals surface area contributed by atoms with Gasteiger partial charge in [0, 0.05) is 12.4 Å². The molecule has 5 nitrogen and oxygen atoms in total. The molecule has 1 saturated carbocycles. The third kappa shape index (κ3) is 1.78. The lowest BCUT2D eigenvalue weighted by molar-refractivity contribution is 0.0882. The van der Waals surface area contributed by atoms with Crippen molar-refractivity contribution in [2.45, 2.75) is 31.2 Å². The summed E-state index contributed by atoms with van der Waals surface area (Å²) in [5, 5.41) is 0. The molecule has 0 atom stereocenters. The predicted molar refractivity (Wildman–Crippen MR) is 58.3 cm³/mol. The molecular weight excluding hydrogens is 206 g/mol. The summed E-state index contributed by atoms with van der Waals surface area (Å²) in [4.78, 5) is 20.2. The molecule has 16 heavy (non-hydrogen) atoms. The Morgan fingerprint density at radius 3 is 2.62 bits per heavy atom. The highest BCUT2D eigenvalue weighted by atomic mass is 16.5. The lowest BCUT2D eigenvalue weighted by atomic mass is 9.91. The number of carbonyl (C=O) groups excluding carboxylic acids is 1. The van der Waals surface area contributed by atoms with Crippen LogP contribution in [0.2, 0.25) is 0 Å². The minimum atomic E-state index is -0.774. The highest BCUT2D eigenvalue weighted by Gasteiger charge is 2.39. The van der Waals surface area contributed by atoms with Crippen LogP contribution in [0.5, 0.6) is 5.88 Å². The smallest absolute Gasteiger partial charge is 0.243 e. The van der Waals surface area contributed by atoms with E-state index in [0.29, 0.717) is 12.8 Å². The third-order valence-electron chi connectivity index (χ3n) is 3.02. The minimum absolute atomic E-state index is 0.157. The number of rotatable bonds is 3. The van der Waals surface area contributed by atoms with Gasteiger partial charge in [0.1, 0.15) is 0 Å². The molecule has 1 aliphatic carbocycles. The summed E-state index contributed by atoms with van der Waals surface area (Å²) in [6, 6.07) is 0. The molecule has 0 unspecified atom stereocenters. The molecule has 0 aromatic carbocycles. The van der Waals surface area contributed by atoms with Gasteiger partial charge in [0.2, 0.25) is 11.7 Å². The first-order chi connectivity index (χ1) is 7.67. The molecule has 1 heterocycles. The molecular formula is C11H15N3O2. The number of hydrogen-bond donors (Lipinski definition) is 1. The van der Waals surface area contributed by atoms with E-state index in [2.05, 4.69) is 9.97 Å². The van der Waals surface area contributed by atoms with E-state index in [-0.39, 0.29) is 17.4 Å². The summed E-state index contributed by atoms with van der Waals surface area (Å²) in [5.41, 5.74) is 5.56. The monoisotopic (exact) mass is 221 g/mol. The Morgan fingerprint density at radius 2 is 2.00 bits per heavy atom. The van der Waals surface area contributed by atoms with Crippen molar-refractivity contribution in [3.63, 3.8) is 0 Å². The number of ketones is 1. The molecule has 0 bridgehead atoms. The fraction of sp³-hybridized carbons (Fsp3) is 0.545. The maximum atomic E-state index is 12.2. The van der Waals surface area contributed by atoms with Gasteiger partial charge in [-0.3, -0.25) is 4.79 Å². The summed E-state index contributed by atoms with van der Waals surface area (Å²) in [5.74, 6) is 0.0965. The van der Waals surface area contributed by atoms with Gasteiger partial charge in [0.15, 0.2) is 5.69 Å². The molecule has 1 aromatic heterocycles. The third-order valence-corrected chi connectivity index (χ3v) is 3.02. The zero-order valence-electron chi connectivity index (χ0n) is 9.27. The van der Waals surface area contributed by atoms with Gasteiger partial charge in [0.25, 0.3) is 0 Å². The Hall–Kier alpha value is -1.49. The summed E-state index contributed by atoms with van der Waals surface area (Å²) in [6.07, 6.45) is 6.38. The minimum Gasteiger partial charge on any atom is -0.479 e. The van der Waals surface area contributed by atoms with Gasteiger partial charge >= 0.3 is 0 Å². The first-order valence-corrected chi connectivity index (χ1v) is 5.36. The summed E-state index contributed by atoms with van der Waals surface area (Å²) in [7, 11) is 1.47. The maximum Gasteiger partial charge on any atom is 0.243 e. The first-order valence-electron chi connectivity index (χ1n) is 5.36. The Balaban J connectivity index is 2.33.